The molecule has 4 aromatic carbocycles. The zero-order valence-electron chi connectivity index (χ0n) is 46.0. The van der Waals surface area contributed by atoms with Crippen LogP contribution in [0.3, 0.4) is 0 Å². The number of anilines is 6. The summed E-state index contributed by atoms with van der Waals surface area (Å²) in [6.45, 7) is 34.4. The van der Waals surface area contributed by atoms with Crippen LogP contribution in [0, 0.1) is 41.4 Å². The molecule has 16 rings (SSSR count). The number of pyridine rings is 1. The number of fused-ring (bicyclic) bond motifs is 6. The van der Waals surface area contributed by atoms with E-state index in [0.29, 0.717) is 0 Å². The van der Waals surface area contributed by atoms with Gasteiger partial charge in [-0.2, -0.15) is 0 Å². The third kappa shape index (κ3) is 6.24. The van der Waals surface area contributed by atoms with E-state index in [1.54, 1.807) is 11.1 Å². The van der Waals surface area contributed by atoms with Crippen molar-refractivity contribution in [1.82, 2.24) is 4.98 Å². The summed E-state index contributed by atoms with van der Waals surface area (Å²) in [5.41, 5.74) is 21.7. The highest BCUT2D eigenvalue weighted by atomic mass is 15.2. The molecule has 8 bridgehead atoms. The number of benzene rings is 4. The Balaban J connectivity index is 1.09. The van der Waals surface area contributed by atoms with Gasteiger partial charge in [0, 0.05) is 33.9 Å². The fourth-order valence-electron chi connectivity index (χ4n) is 18.2. The van der Waals surface area contributed by atoms with Gasteiger partial charge in [-0.25, -0.2) is 4.98 Å². The number of hydrogen-bond donors (Lipinski definition) is 0. The minimum absolute atomic E-state index is 0.00813. The molecule has 368 valence electrons. The maximum atomic E-state index is 6.38. The van der Waals surface area contributed by atoms with E-state index < -0.39 is 0 Å². The van der Waals surface area contributed by atoms with E-state index in [2.05, 4.69) is 186 Å². The third-order valence-electron chi connectivity index (χ3n) is 22.4. The first-order valence-electron chi connectivity index (χ1n) is 28.6. The van der Waals surface area contributed by atoms with Gasteiger partial charge in [0.05, 0.1) is 5.69 Å². The van der Waals surface area contributed by atoms with Crippen molar-refractivity contribution in [3.8, 4) is 0 Å². The Hall–Kier alpha value is -4.31. The zero-order chi connectivity index (χ0) is 49.5. The van der Waals surface area contributed by atoms with E-state index >= 15 is 0 Å². The molecule has 4 heteroatoms. The van der Waals surface area contributed by atoms with Crippen LogP contribution >= 0.6 is 0 Å². The van der Waals surface area contributed by atoms with Gasteiger partial charge >= 0.3 is 0 Å². The van der Waals surface area contributed by atoms with Crippen LogP contribution in [0.15, 0.2) is 78.9 Å². The molecule has 0 saturated heterocycles. The SMILES string of the molecule is CC(C)(C)c1ccc(N2c3ccc(C(C)(C)C)cc3B3c4cc5c(cc4N(c4ccc6c(c4)C(C)(C)CCC6(C)C)c4cc(C67CC8C9CC%10CC8C(C6)C(C%10)C9C7)nc2c43)C(C)(C)CCC5(C)C)cc1. The Kier molecular flexibility index (Phi) is 8.99. The van der Waals surface area contributed by atoms with Gasteiger partial charge in [-0.05, 0) is 230 Å². The minimum atomic E-state index is -0.00813. The quantitative estimate of drug-likeness (QED) is 0.165. The Morgan fingerprint density at radius 1 is 0.465 bits per heavy atom. The molecule has 0 unspecified atom stereocenters. The molecular formula is C67H82BN3. The molecule has 7 fully saturated rings. The molecule has 11 aliphatic rings. The highest BCUT2D eigenvalue weighted by molar-refractivity contribution is 7.00. The van der Waals surface area contributed by atoms with E-state index in [1.807, 2.05) is 0 Å². The van der Waals surface area contributed by atoms with Crippen LogP contribution in [0.25, 0.3) is 0 Å². The average molecular weight is 940 g/mol. The van der Waals surface area contributed by atoms with Crippen molar-refractivity contribution in [2.75, 3.05) is 9.80 Å². The zero-order valence-corrected chi connectivity index (χ0v) is 46.0. The second-order valence-electron chi connectivity index (χ2n) is 30.4. The molecule has 7 saturated carbocycles. The van der Waals surface area contributed by atoms with Crippen LogP contribution in [0.4, 0.5) is 34.3 Å². The predicted molar refractivity (Wildman–Crippen MR) is 300 cm³/mol. The molecule has 3 heterocycles. The van der Waals surface area contributed by atoms with Crippen LogP contribution in [0.5, 0.6) is 0 Å². The van der Waals surface area contributed by atoms with Gasteiger partial charge in [0.15, 0.2) is 0 Å². The Morgan fingerprint density at radius 2 is 0.958 bits per heavy atom. The monoisotopic (exact) mass is 940 g/mol. The van der Waals surface area contributed by atoms with Gasteiger partial charge in [0.1, 0.15) is 5.82 Å². The number of rotatable bonds is 3. The van der Waals surface area contributed by atoms with Crippen molar-refractivity contribution in [2.45, 2.75) is 199 Å². The molecule has 0 atom stereocenters. The van der Waals surface area contributed by atoms with E-state index in [0.717, 1.165) is 41.4 Å². The number of aromatic nitrogens is 1. The van der Waals surface area contributed by atoms with E-state index in [1.165, 1.54) is 143 Å². The Morgan fingerprint density at radius 3 is 1.52 bits per heavy atom. The number of hydrogen-bond acceptors (Lipinski definition) is 3. The van der Waals surface area contributed by atoms with Crippen LogP contribution < -0.4 is 26.2 Å². The summed E-state index contributed by atoms with van der Waals surface area (Å²) in [5.74, 6) is 7.67. The fourth-order valence-corrected chi connectivity index (χ4v) is 18.2. The summed E-state index contributed by atoms with van der Waals surface area (Å²) in [7, 11) is 0. The van der Waals surface area contributed by atoms with Gasteiger partial charge in [0.25, 0.3) is 6.71 Å². The standard InChI is InChI=1S/C67H82BN3/c1-61(2,3)39-15-18-41(19-16-39)71-55-22-17-40(62(4,5)6)30-53(55)68-54-32-51-52(66(13,14)26-25-65(51,11)12)33-56(54)70(42-20-21-49-50(31-42)64(9,10)24-23-63(49,7)8)57-34-58(69-60(71)59(57)68)67-35-46-43-27-38-28-44(46)48(37-67)45(29-38)47(43)36-67/h15-22,30-34,38,43-48H,23-29,35-37H2,1-14H3. The molecule has 3 nitrogen and oxygen atoms in total. The highest BCUT2D eigenvalue weighted by Crippen LogP contribution is 2.74. The largest absolute Gasteiger partial charge is 0.311 e. The normalized spacial score (nSPS) is 31.2. The van der Waals surface area contributed by atoms with Gasteiger partial charge in [-0.3, -0.25) is 4.90 Å². The van der Waals surface area contributed by atoms with Crippen molar-refractivity contribution in [3.05, 3.63) is 118 Å². The van der Waals surface area contributed by atoms with Crippen LogP contribution in [0.1, 0.15) is 200 Å². The first-order valence-corrected chi connectivity index (χ1v) is 28.6. The molecule has 0 amide bonds. The lowest BCUT2D eigenvalue weighted by Gasteiger charge is -2.72. The van der Waals surface area contributed by atoms with Crippen LogP contribution in [-0.2, 0) is 37.9 Å². The highest BCUT2D eigenvalue weighted by Gasteiger charge is 2.68. The maximum Gasteiger partial charge on any atom is 0.254 e. The maximum absolute atomic E-state index is 6.38. The Bertz CT molecular complexity index is 3030. The molecule has 0 spiro atoms. The number of nitrogens with zero attached hydrogens (tertiary/aromatic N) is 3. The summed E-state index contributed by atoms with van der Waals surface area (Å²) in [5, 5.41) is 0. The van der Waals surface area contributed by atoms with Crippen molar-refractivity contribution in [2.24, 2.45) is 41.4 Å². The Labute approximate surface area is 428 Å². The molecule has 5 aromatic rings. The molecule has 0 radical (unpaired) electrons. The molecule has 2 aliphatic heterocycles. The molecule has 1 aromatic heterocycles. The summed E-state index contributed by atoms with van der Waals surface area (Å²) in [4.78, 5) is 11.8. The predicted octanol–water partition coefficient (Wildman–Crippen LogP) is 15.4. The molecule has 0 N–H and O–H groups in total. The minimum Gasteiger partial charge on any atom is -0.311 e. The molecule has 71 heavy (non-hydrogen) atoms. The first-order chi connectivity index (χ1) is 33.3. The van der Waals surface area contributed by atoms with Crippen molar-refractivity contribution in [1.29, 1.82) is 0 Å². The topological polar surface area (TPSA) is 19.4 Å². The summed E-state index contributed by atoms with van der Waals surface area (Å²) in [6.07, 6.45) is 13.4. The van der Waals surface area contributed by atoms with Gasteiger partial charge < -0.3 is 4.90 Å². The summed E-state index contributed by atoms with van der Waals surface area (Å²) < 4.78 is 0. The molecular weight excluding hydrogens is 858 g/mol. The van der Waals surface area contributed by atoms with Crippen LogP contribution in [0.2, 0.25) is 0 Å². The van der Waals surface area contributed by atoms with E-state index in [-0.39, 0.29) is 44.6 Å². The average Bonchev–Trinajstić information content (AvgIpc) is 3.32. The molecule has 9 aliphatic carbocycles. The second kappa shape index (κ2) is 14.1. The lowest BCUT2D eigenvalue weighted by atomic mass is 9.32. The van der Waals surface area contributed by atoms with Crippen molar-refractivity contribution < 1.29 is 0 Å². The van der Waals surface area contributed by atoms with Gasteiger partial charge in [-0.15, -0.1) is 0 Å². The third-order valence-corrected chi connectivity index (χ3v) is 22.4. The van der Waals surface area contributed by atoms with E-state index in [9.17, 15) is 0 Å². The van der Waals surface area contributed by atoms with Crippen molar-refractivity contribution in [3.63, 3.8) is 0 Å². The van der Waals surface area contributed by atoms with E-state index in [4.69, 9.17) is 4.98 Å². The van der Waals surface area contributed by atoms with Gasteiger partial charge in [-0.1, -0.05) is 133 Å². The summed E-state index contributed by atoms with van der Waals surface area (Å²) >= 11 is 0. The fraction of sp³-hybridized carbons (Fsp3) is 0.567. The lowest BCUT2D eigenvalue weighted by Crippen LogP contribution is -2.66. The second-order valence-corrected chi connectivity index (χ2v) is 30.4. The smallest absolute Gasteiger partial charge is 0.254 e. The lowest BCUT2D eigenvalue weighted by molar-refractivity contribution is -0.213. The summed E-state index contributed by atoms with van der Waals surface area (Å²) in [6, 6.07) is 33.2. The first kappa shape index (κ1) is 45.3. The van der Waals surface area contributed by atoms with Crippen LogP contribution in [-0.4, -0.2) is 11.7 Å². The van der Waals surface area contributed by atoms with Gasteiger partial charge in [0.2, 0.25) is 0 Å². The van der Waals surface area contributed by atoms with Crippen molar-refractivity contribution >= 4 is 57.4 Å².